The van der Waals surface area contributed by atoms with Crippen LogP contribution in [0.25, 0.3) is 21.5 Å². The van der Waals surface area contributed by atoms with Crippen LogP contribution in [0.3, 0.4) is 0 Å². The molecule has 1 amide bonds. The number of anilines is 1. The first kappa shape index (κ1) is 21.1. The predicted molar refractivity (Wildman–Crippen MR) is 124 cm³/mol. The van der Waals surface area contributed by atoms with Crippen LogP contribution in [-0.4, -0.2) is 27.4 Å². The number of aromatic nitrogens is 2. The molecule has 0 aliphatic rings. The van der Waals surface area contributed by atoms with Gasteiger partial charge < -0.3 is 14.7 Å². The summed E-state index contributed by atoms with van der Waals surface area (Å²) >= 11 is 2.74. The maximum absolute atomic E-state index is 12.7. The van der Waals surface area contributed by atoms with Gasteiger partial charge in [-0.25, -0.2) is 4.98 Å². The molecule has 3 aromatic heterocycles. The number of carbonyl (C=O) groups is 2. The Bertz CT molecular complexity index is 1310. The number of furan rings is 1. The summed E-state index contributed by atoms with van der Waals surface area (Å²) in [6, 6.07) is 10.4. The first-order valence-corrected chi connectivity index (χ1v) is 11.4. The van der Waals surface area contributed by atoms with Crippen molar-refractivity contribution in [2.45, 2.75) is 19.1 Å². The Balaban J connectivity index is 1.44. The Kier molecular flexibility index (Phi) is 6.06. The van der Waals surface area contributed by atoms with Gasteiger partial charge in [0.2, 0.25) is 5.91 Å². The van der Waals surface area contributed by atoms with Crippen LogP contribution in [0.4, 0.5) is 5.69 Å². The van der Waals surface area contributed by atoms with E-state index in [1.165, 1.54) is 30.0 Å². The van der Waals surface area contributed by atoms with Crippen LogP contribution < -0.4 is 10.9 Å². The number of thioether (sulfide) groups is 1. The van der Waals surface area contributed by atoms with E-state index in [4.69, 9.17) is 4.42 Å². The summed E-state index contributed by atoms with van der Waals surface area (Å²) in [5.41, 5.74) is 1.60. The molecule has 1 unspecified atom stereocenters. The lowest BCUT2D eigenvalue weighted by Crippen LogP contribution is -2.16. The molecule has 0 aliphatic carbocycles. The number of hydrogen-bond donors (Lipinski definition) is 2. The highest BCUT2D eigenvalue weighted by atomic mass is 32.2. The summed E-state index contributed by atoms with van der Waals surface area (Å²) in [7, 11) is 0. The van der Waals surface area contributed by atoms with Gasteiger partial charge in [-0.3, -0.25) is 14.4 Å². The molecule has 0 radical (unpaired) electrons. The van der Waals surface area contributed by atoms with Crippen LogP contribution >= 0.6 is 23.1 Å². The van der Waals surface area contributed by atoms with Crippen LogP contribution in [0.1, 0.15) is 35.3 Å². The van der Waals surface area contributed by atoms with Crippen molar-refractivity contribution in [1.29, 1.82) is 0 Å². The maximum Gasteiger partial charge on any atom is 0.260 e. The van der Waals surface area contributed by atoms with Crippen molar-refractivity contribution >= 4 is 50.7 Å². The average Bonchev–Trinajstić information content (AvgIpc) is 3.42. The van der Waals surface area contributed by atoms with Gasteiger partial charge in [-0.1, -0.05) is 12.1 Å². The van der Waals surface area contributed by atoms with Crippen molar-refractivity contribution < 1.29 is 14.0 Å². The molecule has 0 spiro atoms. The highest BCUT2D eigenvalue weighted by Crippen LogP contribution is 2.33. The highest BCUT2D eigenvalue weighted by molar-refractivity contribution is 8.00. The Hall–Kier alpha value is -3.17. The fourth-order valence-corrected chi connectivity index (χ4v) is 4.74. The summed E-state index contributed by atoms with van der Waals surface area (Å²) in [6.07, 6.45) is 1.56. The number of nitrogens with one attached hydrogen (secondary N) is 2. The van der Waals surface area contributed by atoms with Gasteiger partial charge >= 0.3 is 0 Å². The van der Waals surface area contributed by atoms with Gasteiger partial charge in [0.25, 0.3) is 5.56 Å². The van der Waals surface area contributed by atoms with E-state index in [1.807, 2.05) is 12.3 Å². The van der Waals surface area contributed by atoms with Gasteiger partial charge in [0.15, 0.2) is 5.78 Å². The number of rotatable bonds is 7. The van der Waals surface area contributed by atoms with E-state index in [-0.39, 0.29) is 28.3 Å². The molecule has 158 valence electrons. The lowest BCUT2D eigenvalue weighted by Gasteiger charge is -2.11. The molecular formula is C22H19N3O4S2. The molecule has 0 fully saturated rings. The molecule has 31 heavy (non-hydrogen) atoms. The number of benzene rings is 1. The SMILES string of the molecule is CC(=O)c1cccc(NC(=O)CSC(C)c2nc3scc(-c4ccco4)c3c(=O)[nH]2)c1. The molecule has 0 bridgehead atoms. The number of hydrogen-bond acceptors (Lipinski definition) is 7. The van der Waals surface area contributed by atoms with Crippen LogP contribution in [-0.2, 0) is 4.79 Å². The summed E-state index contributed by atoms with van der Waals surface area (Å²) in [5, 5.41) is 4.96. The van der Waals surface area contributed by atoms with Gasteiger partial charge in [0, 0.05) is 22.2 Å². The summed E-state index contributed by atoms with van der Waals surface area (Å²) in [6.45, 7) is 3.37. The standard InChI is InChI=1S/C22H19N3O4S2/c1-12(26)14-5-3-6-15(9-14)23-18(27)11-30-13(2)20-24-21(28)19-16(10-31-22(19)25-20)17-7-4-8-29-17/h3-10,13H,11H2,1-2H3,(H,23,27)(H,24,25,28). The largest absolute Gasteiger partial charge is 0.464 e. The third kappa shape index (κ3) is 4.62. The molecule has 1 atom stereocenters. The van der Waals surface area contributed by atoms with Gasteiger partial charge in [-0.05, 0) is 38.1 Å². The molecule has 4 aromatic rings. The monoisotopic (exact) mass is 453 g/mol. The van der Waals surface area contributed by atoms with E-state index in [9.17, 15) is 14.4 Å². The molecule has 1 aromatic carbocycles. The van der Waals surface area contributed by atoms with E-state index in [2.05, 4.69) is 15.3 Å². The third-order valence-corrected chi connectivity index (χ3v) is 6.68. The zero-order valence-corrected chi connectivity index (χ0v) is 18.4. The quantitative estimate of drug-likeness (QED) is 0.387. The first-order valence-electron chi connectivity index (χ1n) is 9.50. The molecule has 7 nitrogen and oxygen atoms in total. The van der Waals surface area contributed by atoms with E-state index < -0.39 is 0 Å². The van der Waals surface area contributed by atoms with Gasteiger partial charge in [0.1, 0.15) is 16.4 Å². The Labute approximate surface area is 185 Å². The van der Waals surface area contributed by atoms with Crippen LogP contribution in [0.5, 0.6) is 0 Å². The predicted octanol–water partition coefficient (Wildman–Crippen LogP) is 4.88. The lowest BCUT2D eigenvalue weighted by molar-refractivity contribution is -0.113. The molecule has 9 heteroatoms. The normalized spacial score (nSPS) is 12.1. The van der Waals surface area contributed by atoms with Crippen molar-refractivity contribution in [3.05, 3.63) is 69.8 Å². The first-order chi connectivity index (χ1) is 14.9. The summed E-state index contributed by atoms with van der Waals surface area (Å²) in [5.74, 6) is 1.06. The molecule has 0 saturated carbocycles. The topological polar surface area (TPSA) is 105 Å². The van der Waals surface area contributed by atoms with Gasteiger partial charge in [0.05, 0.1) is 22.7 Å². The van der Waals surface area contributed by atoms with Crippen molar-refractivity contribution in [3.63, 3.8) is 0 Å². The minimum Gasteiger partial charge on any atom is -0.464 e. The molecule has 2 N–H and O–H groups in total. The second-order valence-electron chi connectivity index (χ2n) is 6.90. The number of nitrogens with zero attached hydrogens (tertiary/aromatic N) is 1. The zero-order chi connectivity index (χ0) is 22.0. The molecule has 0 aliphatic heterocycles. The van der Waals surface area contributed by atoms with Crippen LogP contribution in [0.2, 0.25) is 0 Å². The number of amides is 1. The van der Waals surface area contributed by atoms with E-state index in [1.54, 1.807) is 42.7 Å². The highest BCUT2D eigenvalue weighted by Gasteiger charge is 2.18. The average molecular weight is 454 g/mol. The minimum absolute atomic E-state index is 0.0618. The van der Waals surface area contributed by atoms with E-state index in [0.29, 0.717) is 33.1 Å². The van der Waals surface area contributed by atoms with Crippen LogP contribution in [0, 0.1) is 0 Å². The van der Waals surface area contributed by atoms with E-state index in [0.717, 1.165) is 5.56 Å². The summed E-state index contributed by atoms with van der Waals surface area (Å²) in [4.78, 5) is 44.6. The Morgan fingerprint density at radius 2 is 2.13 bits per heavy atom. The van der Waals surface area contributed by atoms with Crippen LogP contribution in [0.15, 0.2) is 57.3 Å². The van der Waals surface area contributed by atoms with Gasteiger partial charge in [-0.2, -0.15) is 0 Å². The van der Waals surface area contributed by atoms with E-state index >= 15 is 0 Å². The minimum atomic E-state index is -0.231. The number of H-pyrrole nitrogens is 1. The maximum atomic E-state index is 12.7. The van der Waals surface area contributed by atoms with Crippen molar-refractivity contribution in [2.75, 3.05) is 11.1 Å². The fourth-order valence-electron chi connectivity index (χ4n) is 3.06. The Morgan fingerprint density at radius 1 is 1.29 bits per heavy atom. The number of aromatic amines is 1. The van der Waals surface area contributed by atoms with Crippen molar-refractivity contribution in [2.24, 2.45) is 0 Å². The van der Waals surface area contributed by atoms with Gasteiger partial charge in [-0.15, -0.1) is 23.1 Å². The molecule has 0 saturated heterocycles. The number of thiophene rings is 1. The molecular weight excluding hydrogens is 434 g/mol. The summed E-state index contributed by atoms with van der Waals surface area (Å²) < 4.78 is 5.41. The Morgan fingerprint density at radius 3 is 2.87 bits per heavy atom. The number of fused-ring (bicyclic) bond motifs is 1. The number of Topliss-reactive ketones (excluding diaryl/α,β-unsaturated/α-hetero) is 1. The second kappa shape index (κ2) is 8.91. The third-order valence-electron chi connectivity index (χ3n) is 4.65. The fraction of sp³-hybridized carbons (Fsp3) is 0.182. The molecule has 3 heterocycles. The molecule has 4 rings (SSSR count). The second-order valence-corrected chi connectivity index (χ2v) is 9.08. The lowest BCUT2D eigenvalue weighted by atomic mass is 10.1. The number of ketones is 1. The smallest absolute Gasteiger partial charge is 0.260 e. The van der Waals surface area contributed by atoms with Crippen molar-refractivity contribution in [3.8, 4) is 11.3 Å². The zero-order valence-electron chi connectivity index (χ0n) is 16.8. The number of carbonyl (C=O) groups excluding carboxylic acids is 2. The van der Waals surface area contributed by atoms with Crippen molar-refractivity contribution in [1.82, 2.24) is 9.97 Å².